The van der Waals surface area contributed by atoms with Gasteiger partial charge in [-0.3, -0.25) is 9.69 Å². The molecule has 1 unspecified atom stereocenters. The Hall–Kier alpha value is -0.610. The number of esters is 1. The van der Waals surface area contributed by atoms with Crippen LogP contribution in [0.3, 0.4) is 0 Å². The molecule has 4 nitrogen and oxygen atoms in total. The first kappa shape index (κ1) is 9.93. The number of carbonyl (C=O) groups is 1. The molecular formula is C10H17NO3. The van der Waals surface area contributed by atoms with Gasteiger partial charge in [-0.1, -0.05) is 0 Å². The highest BCUT2D eigenvalue weighted by Crippen LogP contribution is 2.38. The SMILES string of the molecule is COC(=O)CC(C1CC1)N1CC(O)C1. The van der Waals surface area contributed by atoms with Gasteiger partial charge >= 0.3 is 5.97 Å². The Balaban J connectivity index is 1.84. The lowest BCUT2D eigenvalue weighted by molar-refractivity contribution is -0.143. The largest absolute Gasteiger partial charge is 0.469 e. The van der Waals surface area contributed by atoms with Gasteiger partial charge in [0.05, 0.1) is 19.6 Å². The molecule has 2 aliphatic rings. The minimum absolute atomic E-state index is 0.136. The van der Waals surface area contributed by atoms with Crippen LogP contribution >= 0.6 is 0 Å². The summed E-state index contributed by atoms with van der Waals surface area (Å²) in [6, 6.07) is 0.311. The van der Waals surface area contributed by atoms with Crippen LogP contribution in [0, 0.1) is 5.92 Å². The molecule has 1 aliphatic carbocycles. The van der Waals surface area contributed by atoms with E-state index >= 15 is 0 Å². The number of nitrogens with zero attached hydrogens (tertiary/aromatic N) is 1. The van der Waals surface area contributed by atoms with Gasteiger partial charge in [0, 0.05) is 19.1 Å². The van der Waals surface area contributed by atoms with E-state index in [0.717, 1.165) is 13.1 Å². The molecule has 0 aromatic rings. The number of hydrogen-bond donors (Lipinski definition) is 1. The maximum absolute atomic E-state index is 11.2. The van der Waals surface area contributed by atoms with E-state index in [1.807, 2.05) is 0 Å². The third-order valence-electron chi connectivity index (χ3n) is 3.13. The summed E-state index contributed by atoms with van der Waals surface area (Å²) in [6.07, 6.45) is 2.73. The van der Waals surface area contributed by atoms with E-state index in [2.05, 4.69) is 9.64 Å². The molecular weight excluding hydrogens is 182 g/mol. The van der Waals surface area contributed by atoms with Gasteiger partial charge in [0.1, 0.15) is 0 Å². The first-order valence-electron chi connectivity index (χ1n) is 5.19. The number of aliphatic hydroxyl groups is 1. The molecule has 14 heavy (non-hydrogen) atoms. The van der Waals surface area contributed by atoms with Crippen molar-refractivity contribution in [2.45, 2.75) is 31.4 Å². The van der Waals surface area contributed by atoms with Gasteiger partial charge in [0.25, 0.3) is 0 Å². The van der Waals surface area contributed by atoms with Gasteiger partial charge in [-0.2, -0.15) is 0 Å². The van der Waals surface area contributed by atoms with Crippen LogP contribution in [-0.2, 0) is 9.53 Å². The first-order chi connectivity index (χ1) is 6.70. The van der Waals surface area contributed by atoms with Crippen molar-refractivity contribution in [2.75, 3.05) is 20.2 Å². The second-order valence-electron chi connectivity index (χ2n) is 4.29. The third-order valence-corrected chi connectivity index (χ3v) is 3.13. The molecule has 0 spiro atoms. The molecule has 0 aromatic carbocycles. The zero-order valence-electron chi connectivity index (χ0n) is 8.48. The standard InChI is InChI=1S/C10H17NO3/c1-14-10(13)4-9(7-2-3-7)11-5-8(12)6-11/h7-9,12H,2-6H2,1H3. The first-order valence-corrected chi connectivity index (χ1v) is 5.19. The molecule has 1 N–H and O–H groups in total. The monoisotopic (exact) mass is 199 g/mol. The van der Waals surface area contributed by atoms with Gasteiger partial charge in [-0.25, -0.2) is 0 Å². The Morgan fingerprint density at radius 3 is 2.64 bits per heavy atom. The molecule has 0 bridgehead atoms. The van der Waals surface area contributed by atoms with Gasteiger partial charge in [-0.05, 0) is 18.8 Å². The van der Waals surface area contributed by atoms with E-state index in [-0.39, 0.29) is 12.1 Å². The van der Waals surface area contributed by atoms with Crippen LogP contribution in [0.5, 0.6) is 0 Å². The summed E-state index contributed by atoms with van der Waals surface area (Å²) >= 11 is 0. The fraction of sp³-hybridized carbons (Fsp3) is 0.900. The van der Waals surface area contributed by atoms with Crippen LogP contribution in [0.1, 0.15) is 19.3 Å². The zero-order valence-corrected chi connectivity index (χ0v) is 8.48. The van der Waals surface area contributed by atoms with Gasteiger partial charge < -0.3 is 9.84 Å². The molecule has 2 rings (SSSR count). The van der Waals surface area contributed by atoms with Crippen molar-refractivity contribution in [2.24, 2.45) is 5.92 Å². The number of rotatable bonds is 4. The molecule has 4 heteroatoms. The van der Waals surface area contributed by atoms with Crippen LogP contribution in [0.2, 0.25) is 0 Å². The molecule has 2 fully saturated rings. The molecule has 0 radical (unpaired) electrons. The van der Waals surface area contributed by atoms with Crippen molar-refractivity contribution in [3.8, 4) is 0 Å². The van der Waals surface area contributed by atoms with Gasteiger partial charge in [0.2, 0.25) is 0 Å². The lowest BCUT2D eigenvalue weighted by atomic mass is 10.0. The smallest absolute Gasteiger partial charge is 0.307 e. The van der Waals surface area contributed by atoms with Crippen LogP contribution in [0.15, 0.2) is 0 Å². The lowest BCUT2D eigenvalue weighted by Crippen LogP contribution is -2.56. The van der Waals surface area contributed by atoms with Crippen molar-refractivity contribution < 1.29 is 14.6 Å². The van der Waals surface area contributed by atoms with Crippen molar-refractivity contribution in [1.29, 1.82) is 0 Å². The van der Waals surface area contributed by atoms with Crippen molar-refractivity contribution in [1.82, 2.24) is 4.90 Å². The van der Waals surface area contributed by atoms with Crippen LogP contribution in [0.4, 0.5) is 0 Å². The topological polar surface area (TPSA) is 49.8 Å². The predicted molar refractivity (Wildman–Crippen MR) is 50.7 cm³/mol. The molecule has 0 amide bonds. The quantitative estimate of drug-likeness (QED) is 0.648. The van der Waals surface area contributed by atoms with Crippen LogP contribution in [0.25, 0.3) is 0 Å². The van der Waals surface area contributed by atoms with Gasteiger partial charge in [0.15, 0.2) is 0 Å². The summed E-state index contributed by atoms with van der Waals surface area (Å²) in [4.78, 5) is 13.4. The molecule has 1 aliphatic heterocycles. The Kier molecular flexibility index (Phi) is 2.74. The molecule has 0 aromatic heterocycles. The fourth-order valence-electron chi connectivity index (χ4n) is 2.09. The number of carbonyl (C=O) groups excluding carboxylic acids is 1. The summed E-state index contributed by atoms with van der Waals surface area (Å²) in [5, 5.41) is 9.20. The minimum atomic E-state index is -0.186. The van der Waals surface area contributed by atoms with E-state index in [0.29, 0.717) is 18.4 Å². The highest BCUT2D eigenvalue weighted by molar-refractivity contribution is 5.70. The Morgan fingerprint density at radius 1 is 1.57 bits per heavy atom. The Bertz CT molecular complexity index is 221. The van der Waals surface area contributed by atoms with E-state index in [1.165, 1.54) is 20.0 Å². The van der Waals surface area contributed by atoms with E-state index in [9.17, 15) is 9.90 Å². The normalized spacial score (nSPS) is 25.6. The van der Waals surface area contributed by atoms with Crippen LogP contribution < -0.4 is 0 Å². The maximum Gasteiger partial charge on any atom is 0.307 e. The van der Waals surface area contributed by atoms with Crippen molar-refractivity contribution in [3.05, 3.63) is 0 Å². The molecule has 1 heterocycles. The molecule has 1 atom stereocenters. The zero-order chi connectivity index (χ0) is 10.1. The second kappa shape index (κ2) is 3.87. The Labute approximate surface area is 83.8 Å². The molecule has 1 saturated carbocycles. The maximum atomic E-state index is 11.2. The number of methoxy groups -OCH3 is 1. The number of hydrogen-bond acceptors (Lipinski definition) is 4. The highest BCUT2D eigenvalue weighted by Gasteiger charge is 2.41. The number of ether oxygens (including phenoxy) is 1. The summed E-state index contributed by atoms with van der Waals surface area (Å²) in [5.41, 5.74) is 0. The van der Waals surface area contributed by atoms with E-state index < -0.39 is 0 Å². The summed E-state index contributed by atoms with van der Waals surface area (Å²) < 4.78 is 4.68. The minimum Gasteiger partial charge on any atom is -0.469 e. The average molecular weight is 199 g/mol. The summed E-state index contributed by atoms with van der Waals surface area (Å²) in [7, 11) is 1.43. The highest BCUT2D eigenvalue weighted by atomic mass is 16.5. The summed E-state index contributed by atoms with van der Waals surface area (Å²) in [5.74, 6) is 0.518. The summed E-state index contributed by atoms with van der Waals surface area (Å²) in [6.45, 7) is 1.44. The molecule has 80 valence electrons. The number of likely N-dealkylation sites (tertiary alicyclic amines) is 1. The lowest BCUT2D eigenvalue weighted by Gasteiger charge is -2.41. The number of β-amino-alcohol motifs (C(OH)–C–C–N with tert-alkyl or cyclic N) is 1. The fourth-order valence-corrected chi connectivity index (χ4v) is 2.09. The second-order valence-corrected chi connectivity index (χ2v) is 4.29. The van der Waals surface area contributed by atoms with E-state index in [4.69, 9.17) is 0 Å². The van der Waals surface area contributed by atoms with Gasteiger partial charge in [-0.15, -0.1) is 0 Å². The third kappa shape index (κ3) is 2.07. The van der Waals surface area contributed by atoms with Crippen molar-refractivity contribution >= 4 is 5.97 Å². The average Bonchev–Trinajstić information content (AvgIpc) is 2.92. The Morgan fingerprint density at radius 2 is 2.21 bits per heavy atom. The predicted octanol–water partition coefficient (Wildman–Crippen LogP) is 0.00460. The van der Waals surface area contributed by atoms with Crippen LogP contribution in [-0.4, -0.2) is 48.3 Å². The van der Waals surface area contributed by atoms with Crippen molar-refractivity contribution in [3.63, 3.8) is 0 Å². The number of aliphatic hydroxyl groups excluding tert-OH is 1. The van der Waals surface area contributed by atoms with E-state index in [1.54, 1.807) is 0 Å². The molecule has 1 saturated heterocycles.